The van der Waals surface area contributed by atoms with Gasteiger partial charge >= 0.3 is 0 Å². The van der Waals surface area contributed by atoms with Crippen LogP contribution in [0.2, 0.25) is 5.02 Å². The van der Waals surface area contributed by atoms with Crippen molar-refractivity contribution >= 4 is 29.9 Å². The van der Waals surface area contributed by atoms with Gasteiger partial charge in [-0.2, -0.15) is 0 Å². The zero-order chi connectivity index (χ0) is 16.3. The number of carbonyl (C=O) groups is 1. The maximum atomic E-state index is 13.2. The zero-order valence-electron chi connectivity index (χ0n) is 13.5. The van der Waals surface area contributed by atoms with Gasteiger partial charge in [-0.05, 0) is 24.6 Å². The van der Waals surface area contributed by atoms with Crippen molar-refractivity contribution in [2.75, 3.05) is 19.7 Å². The first-order valence-electron chi connectivity index (χ1n) is 7.39. The van der Waals surface area contributed by atoms with Crippen molar-refractivity contribution in [1.29, 1.82) is 0 Å². The number of carbonyl (C=O) groups excluding carboxylic acids is 1. The third-order valence-electron chi connectivity index (χ3n) is 3.96. The summed E-state index contributed by atoms with van der Waals surface area (Å²) in [6.07, 6.45) is -0.161. The molecule has 130 valence electrons. The highest BCUT2D eigenvalue weighted by atomic mass is 35.5. The van der Waals surface area contributed by atoms with E-state index in [-0.39, 0.29) is 36.3 Å². The summed E-state index contributed by atoms with van der Waals surface area (Å²) in [6.45, 7) is 7.47. The molecule has 2 atom stereocenters. The minimum absolute atomic E-state index is 0. The molecule has 0 unspecified atom stereocenters. The SMILES string of the molecule is C[C@H]1OCCN[C@@H]1C(=O)NCC(C)(C)c1ccc(F)cc1Cl.Cl. The molecule has 1 aromatic carbocycles. The van der Waals surface area contributed by atoms with Crippen LogP contribution >= 0.6 is 24.0 Å². The van der Waals surface area contributed by atoms with Crippen LogP contribution in [0.1, 0.15) is 26.3 Å². The summed E-state index contributed by atoms with van der Waals surface area (Å²) in [5.41, 5.74) is 0.399. The number of hydrogen-bond acceptors (Lipinski definition) is 3. The average molecular weight is 365 g/mol. The van der Waals surface area contributed by atoms with Gasteiger partial charge in [-0.3, -0.25) is 4.79 Å². The fourth-order valence-electron chi connectivity index (χ4n) is 2.58. The molecular formula is C16H23Cl2FN2O2. The Morgan fingerprint density at radius 3 is 2.83 bits per heavy atom. The van der Waals surface area contributed by atoms with Gasteiger partial charge < -0.3 is 15.4 Å². The molecule has 4 nitrogen and oxygen atoms in total. The zero-order valence-corrected chi connectivity index (χ0v) is 15.1. The van der Waals surface area contributed by atoms with Gasteiger partial charge in [0, 0.05) is 23.5 Å². The molecule has 0 saturated carbocycles. The molecule has 0 radical (unpaired) electrons. The van der Waals surface area contributed by atoms with Crippen molar-refractivity contribution in [2.45, 2.75) is 38.3 Å². The van der Waals surface area contributed by atoms with Crippen LogP contribution in [0.3, 0.4) is 0 Å². The van der Waals surface area contributed by atoms with Gasteiger partial charge in [0.25, 0.3) is 0 Å². The van der Waals surface area contributed by atoms with Crippen LogP contribution in [-0.2, 0) is 14.9 Å². The van der Waals surface area contributed by atoms with Gasteiger partial charge in [-0.25, -0.2) is 4.39 Å². The van der Waals surface area contributed by atoms with Crippen molar-refractivity contribution in [2.24, 2.45) is 0 Å². The third-order valence-corrected chi connectivity index (χ3v) is 4.28. The lowest BCUT2D eigenvalue weighted by atomic mass is 9.84. The second kappa shape index (κ2) is 8.29. The van der Waals surface area contributed by atoms with Crippen molar-refractivity contribution in [3.8, 4) is 0 Å². The van der Waals surface area contributed by atoms with E-state index in [1.807, 2.05) is 20.8 Å². The molecule has 1 aliphatic heterocycles. The van der Waals surface area contributed by atoms with Crippen molar-refractivity contribution in [1.82, 2.24) is 10.6 Å². The molecule has 1 amide bonds. The summed E-state index contributed by atoms with van der Waals surface area (Å²) in [7, 11) is 0. The van der Waals surface area contributed by atoms with Gasteiger partial charge in [0.05, 0.1) is 12.7 Å². The second-order valence-corrected chi connectivity index (χ2v) is 6.64. The molecule has 0 spiro atoms. The Morgan fingerprint density at radius 2 is 2.22 bits per heavy atom. The van der Waals surface area contributed by atoms with E-state index >= 15 is 0 Å². The molecule has 1 saturated heterocycles. The first-order chi connectivity index (χ1) is 10.3. The third kappa shape index (κ3) is 5.05. The van der Waals surface area contributed by atoms with Gasteiger partial charge in [0.1, 0.15) is 11.9 Å². The van der Waals surface area contributed by atoms with Crippen LogP contribution in [0.5, 0.6) is 0 Å². The Morgan fingerprint density at radius 1 is 1.52 bits per heavy atom. The second-order valence-electron chi connectivity index (χ2n) is 6.23. The Hall–Kier alpha value is -0.880. The molecule has 1 aromatic rings. The largest absolute Gasteiger partial charge is 0.375 e. The number of benzene rings is 1. The lowest BCUT2D eigenvalue weighted by Gasteiger charge is -2.32. The van der Waals surface area contributed by atoms with Crippen LogP contribution in [0.4, 0.5) is 4.39 Å². The van der Waals surface area contributed by atoms with Crippen LogP contribution < -0.4 is 10.6 Å². The number of hydrogen-bond donors (Lipinski definition) is 2. The lowest BCUT2D eigenvalue weighted by Crippen LogP contribution is -2.56. The topological polar surface area (TPSA) is 50.4 Å². The molecule has 23 heavy (non-hydrogen) atoms. The molecule has 2 N–H and O–H groups in total. The van der Waals surface area contributed by atoms with Gasteiger partial charge in [-0.1, -0.05) is 31.5 Å². The molecule has 1 fully saturated rings. The summed E-state index contributed by atoms with van der Waals surface area (Å²) in [4.78, 5) is 12.3. The Labute approximate surface area is 147 Å². The van der Waals surface area contributed by atoms with Crippen molar-refractivity contribution in [3.63, 3.8) is 0 Å². The Bertz CT molecular complexity index is 555. The Kier molecular flexibility index (Phi) is 7.27. The summed E-state index contributed by atoms with van der Waals surface area (Å²) in [6, 6.07) is 3.98. The van der Waals surface area contributed by atoms with E-state index in [4.69, 9.17) is 16.3 Å². The van der Waals surface area contributed by atoms with Crippen LogP contribution in [-0.4, -0.2) is 37.7 Å². The predicted molar refractivity (Wildman–Crippen MR) is 91.9 cm³/mol. The fraction of sp³-hybridized carbons (Fsp3) is 0.562. The standard InChI is InChI=1S/C16H22ClFN2O2.ClH/c1-10-14(19-6-7-22-10)15(21)20-9-16(2,3)12-5-4-11(18)8-13(12)17;/h4-5,8,10,14,19H,6-7,9H2,1-3H3,(H,20,21);1H/t10-,14+;/m1./s1. The maximum absolute atomic E-state index is 13.2. The predicted octanol–water partition coefficient (Wildman–Crippen LogP) is 2.67. The summed E-state index contributed by atoms with van der Waals surface area (Å²) < 4.78 is 18.6. The van der Waals surface area contributed by atoms with E-state index in [2.05, 4.69) is 10.6 Å². The van der Waals surface area contributed by atoms with E-state index < -0.39 is 5.41 Å². The van der Waals surface area contributed by atoms with E-state index in [1.54, 1.807) is 6.07 Å². The molecular weight excluding hydrogens is 342 g/mol. The van der Waals surface area contributed by atoms with E-state index in [9.17, 15) is 9.18 Å². The van der Waals surface area contributed by atoms with E-state index in [0.29, 0.717) is 24.7 Å². The molecule has 0 aromatic heterocycles. The number of nitrogens with one attached hydrogen (secondary N) is 2. The average Bonchev–Trinajstić information content (AvgIpc) is 2.45. The fourth-order valence-corrected chi connectivity index (χ4v) is 3.00. The molecule has 0 bridgehead atoms. The highest BCUT2D eigenvalue weighted by Gasteiger charge is 2.30. The van der Waals surface area contributed by atoms with Gasteiger partial charge in [-0.15, -0.1) is 12.4 Å². The molecule has 1 heterocycles. The smallest absolute Gasteiger partial charge is 0.239 e. The van der Waals surface area contributed by atoms with Gasteiger partial charge in [0.15, 0.2) is 0 Å². The highest BCUT2D eigenvalue weighted by molar-refractivity contribution is 6.31. The minimum Gasteiger partial charge on any atom is -0.375 e. The quantitative estimate of drug-likeness (QED) is 0.863. The summed E-state index contributed by atoms with van der Waals surface area (Å²) in [5.74, 6) is -0.468. The highest BCUT2D eigenvalue weighted by Crippen LogP contribution is 2.30. The molecule has 0 aliphatic carbocycles. The number of halogens is 3. The van der Waals surface area contributed by atoms with E-state index in [0.717, 1.165) is 5.56 Å². The molecule has 1 aliphatic rings. The van der Waals surface area contributed by atoms with Crippen molar-refractivity contribution < 1.29 is 13.9 Å². The van der Waals surface area contributed by atoms with Crippen LogP contribution in [0.15, 0.2) is 18.2 Å². The maximum Gasteiger partial charge on any atom is 0.239 e. The molecule has 2 rings (SSSR count). The number of ether oxygens (including phenoxy) is 1. The minimum atomic E-state index is -0.404. The van der Waals surface area contributed by atoms with Crippen LogP contribution in [0, 0.1) is 5.82 Å². The monoisotopic (exact) mass is 364 g/mol. The first-order valence-corrected chi connectivity index (χ1v) is 7.77. The summed E-state index contributed by atoms with van der Waals surface area (Å²) in [5, 5.41) is 6.45. The lowest BCUT2D eigenvalue weighted by molar-refractivity contribution is -0.129. The van der Waals surface area contributed by atoms with Gasteiger partial charge in [0.2, 0.25) is 5.91 Å². The molecule has 7 heteroatoms. The first kappa shape index (κ1) is 20.2. The number of morpholine rings is 1. The van der Waals surface area contributed by atoms with Crippen LogP contribution in [0.25, 0.3) is 0 Å². The normalized spacial score (nSPS) is 21.4. The van der Waals surface area contributed by atoms with E-state index in [1.165, 1.54) is 12.1 Å². The Balaban J connectivity index is 0.00000264. The number of amides is 1. The summed E-state index contributed by atoms with van der Waals surface area (Å²) >= 11 is 6.12. The van der Waals surface area contributed by atoms with Crippen molar-refractivity contribution in [3.05, 3.63) is 34.6 Å². The number of rotatable bonds is 4.